The number of carbonyl (C=O) groups excluding carboxylic acids is 3. The predicted octanol–water partition coefficient (Wildman–Crippen LogP) is 6.08. The van der Waals surface area contributed by atoms with Gasteiger partial charge in [0.15, 0.2) is 5.78 Å². The molecule has 0 fully saturated rings. The monoisotopic (exact) mass is 455 g/mol. The molecule has 164 valence electrons. The molecule has 33 heavy (non-hydrogen) atoms. The zero-order chi connectivity index (χ0) is 23.2. The van der Waals surface area contributed by atoms with Crippen LogP contribution in [0.2, 0.25) is 0 Å². The van der Waals surface area contributed by atoms with E-state index in [0.717, 1.165) is 10.4 Å². The molecule has 1 amide bonds. The third kappa shape index (κ3) is 5.07. The maximum atomic E-state index is 12.9. The van der Waals surface area contributed by atoms with Crippen LogP contribution in [0, 0.1) is 0 Å². The van der Waals surface area contributed by atoms with Crippen molar-refractivity contribution in [1.29, 1.82) is 0 Å². The summed E-state index contributed by atoms with van der Waals surface area (Å²) in [6, 6.07) is 26.8. The van der Waals surface area contributed by atoms with E-state index in [1.54, 1.807) is 61.5 Å². The number of ether oxygens (including phenoxy) is 1. The quantitative estimate of drug-likeness (QED) is 0.271. The molecule has 3 aromatic carbocycles. The highest BCUT2D eigenvalue weighted by Crippen LogP contribution is 2.35. The average Bonchev–Trinajstić information content (AvgIpc) is 3.29. The molecule has 1 N–H and O–H groups in total. The zero-order valence-corrected chi connectivity index (χ0v) is 18.7. The Morgan fingerprint density at radius 3 is 2.00 bits per heavy atom. The minimum absolute atomic E-state index is 0.113. The summed E-state index contributed by atoms with van der Waals surface area (Å²) in [4.78, 5) is 39.1. The summed E-state index contributed by atoms with van der Waals surface area (Å²) in [6.07, 6.45) is 0. The normalized spacial score (nSPS) is 10.5. The molecule has 0 radical (unpaired) electrons. The van der Waals surface area contributed by atoms with Crippen LogP contribution in [-0.4, -0.2) is 24.3 Å². The Balaban J connectivity index is 1.57. The molecule has 0 saturated heterocycles. The number of anilines is 1. The molecule has 0 saturated carbocycles. The minimum Gasteiger partial charge on any atom is -0.462 e. The Morgan fingerprint density at radius 2 is 1.36 bits per heavy atom. The highest BCUT2D eigenvalue weighted by Gasteiger charge is 2.20. The lowest BCUT2D eigenvalue weighted by atomic mass is 10.0. The number of nitrogens with one attached hydrogen (secondary N) is 1. The fourth-order valence-corrected chi connectivity index (χ4v) is 4.31. The van der Waals surface area contributed by atoms with E-state index in [0.29, 0.717) is 27.3 Å². The SMILES string of the molecule is CCOC(=O)c1sc(-c2ccccc2)cc1NC(=O)c1ccc(C(=O)c2ccccc2)cc1. The van der Waals surface area contributed by atoms with Crippen LogP contribution in [0.1, 0.15) is 42.9 Å². The summed E-state index contributed by atoms with van der Waals surface area (Å²) < 4.78 is 5.17. The highest BCUT2D eigenvalue weighted by molar-refractivity contribution is 7.18. The molecule has 0 aliphatic rings. The standard InChI is InChI=1S/C27H21NO4S/c1-2-32-27(31)25-22(17-23(33-25)18-9-5-3-6-10-18)28-26(30)21-15-13-20(14-16-21)24(29)19-11-7-4-8-12-19/h3-17H,2H2,1H3,(H,28,30). The molecule has 5 nitrogen and oxygen atoms in total. The first-order chi connectivity index (χ1) is 16.1. The molecular weight excluding hydrogens is 434 g/mol. The molecule has 0 aliphatic carbocycles. The van der Waals surface area contributed by atoms with E-state index >= 15 is 0 Å². The maximum Gasteiger partial charge on any atom is 0.350 e. The van der Waals surface area contributed by atoms with E-state index in [9.17, 15) is 14.4 Å². The van der Waals surface area contributed by atoms with Gasteiger partial charge in [0.05, 0.1) is 12.3 Å². The van der Waals surface area contributed by atoms with Crippen molar-refractivity contribution in [3.63, 3.8) is 0 Å². The van der Waals surface area contributed by atoms with Crippen LogP contribution in [0.5, 0.6) is 0 Å². The maximum absolute atomic E-state index is 12.9. The number of esters is 1. The Kier molecular flexibility index (Phi) is 6.76. The van der Waals surface area contributed by atoms with Gasteiger partial charge in [-0.1, -0.05) is 72.8 Å². The topological polar surface area (TPSA) is 72.5 Å². The first kappa shape index (κ1) is 22.2. The molecule has 1 heterocycles. The van der Waals surface area contributed by atoms with Gasteiger partial charge in [0.1, 0.15) is 4.88 Å². The summed E-state index contributed by atoms with van der Waals surface area (Å²) >= 11 is 1.27. The summed E-state index contributed by atoms with van der Waals surface area (Å²) in [5.74, 6) is -0.974. The van der Waals surface area contributed by atoms with E-state index in [1.807, 2.05) is 36.4 Å². The van der Waals surface area contributed by atoms with Crippen molar-refractivity contribution in [3.05, 3.63) is 113 Å². The van der Waals surface area contributed by atoms with Gasteiger partial charge in [0.2, 0.25) is 0 Å². The Labute approximate surface area is 195 Å². The average molecular weight is 456 g/mol. The fourth-order valence-electron chi connectivity index (χ4n) is 3.30. The van der Waals surface area contributed by atoms with Gasteiger partial charge < -0.3 is 10.1 Å². The molecule has 4 aromatic rings. The Bertz CT molecular complexity index is 1280. The Hall–Kier alpha value is -4.03. The van der Waals surface area contributed by atoms with Gasteiger partial charge in [0, 0.05) is 21.6 Å². The predicted molar refractivity (Wildman–Crippen MR) is 130 cm³/mol. The highest BCUT2D eigenvalue weighted by atomic mass is 32.1. The van der Waals surface area contributed by atoms with Crippen LogP contribution >= 0.6 is 11.3 Å². The van der Waals surface area contributed by atoms with Gasteiger partial charge in [-0.3, -0.25) is 9.59 Å². The molecule has 4 rings (SSSR count). The van der Waals surface area contributed by atoms with Crippen LogP contribution in [0.15, 0.2) is 91.0 Å². The third-order valence-electron chi connectivity index (χ3n) is 4.94. The van der Waals surface area contributed by atoms with E-state index in [-0.39, 0.29) is 18.3 Å². The largest absolute Gasteiger partial charge is 0.462 e. The van der Waals surface area contributed by atoms with E-state index < -0.39 is 5.97 Å². The number of rotatable bonds is 7. The van der Waals surface area contributed by atoms with Gasteiger partial charge in [-0.15, -0.1) is 11.3 Å². The number of amides is 1. The van der Waals surface area contributed by atoms with Crippen molar-refractivity contribution in [2.24, 2.45) is 0 Å². The van der Waals surface area contributed by atoms with Gasteiger partial charge in [-0.05, 0) is 30.7 Å². The molecule has 1 aromatic heterocycles. The second-order valence-electron chi connectivity index (χ2n) is 7.17. The number of ketones is 1. The number of thiophene rings is 1. The summed E-state index contributed by atoms with van der Waals surface area (Å²) in [7, 11) is 0. The molecule has 0 aliphatic heterocycles. The van der Waals surface area contributed by atoms with Crippen molar-refractivity contribution in [2.45, 2.75) is 6.92 Å². The fraction of sp³-hybridized carbons (Fsp3) is 0.0741. The van der Waals surface area contributed by atoms with Gasteiger partial charge in [0.25, 0.3) is 5.91 Å². The first-order valence-electron chi connectivity index (χ1n) is 10.4. The van der Waals surface area contributed by atoms with Crippen molar-refractivity contribution in [1.82, 2.24) is 0 Å². The van der Waals surface area contributed by atoms with Crippen LogP contribution in [0.3, 0.4) is 0 Å². The third-order valence-corrected chi connectivity index (χ3v) is 6.11. The van der Waals surface area contributed by atoms with Gasteiger partial charge in [-0.25, -0.2) is 4.79 Å². The molecule has 6 heteroatoms. The van der Waals surface area contributed by atoms with Crippen LogP contribution in [0.4, 0.5) is 5.69 Å². The van der Waals surface area contributed by atoms with E-state index in [4.69, 9.17) is 4.74 Å². The van der Waals surface area contributed by atoms with Gasteiger partial charge >= 0.3 is 5.97 Å². The van der Waals surface area contributed by atoms with Crippen molar-refractivity contribution < 1.29 is 19.1 Å². The molecular formula is C27H21NO4S. The van der Waals surface area contributed by atoms with Gasteiger partial charge in [-0.2, -0.15) is 0 Å². The smallest absolute Gasteiger partial charge is 0.350 e. The Morgan fingerprint density at radius 1 is 0.788 bits per heavy atom. The molecule has 0 unspecified atom stereocenters. The lowest BCUT2D eigenvalue weighted by Crippen LogP contribution is -2.14. The van der Waals surface area contributed by atoms with Crippen molar-refractivity contribution in [2.75, 3.05) is 11.9 Å². The number of benzene rings is 3. The lowest BCUT2D eigenvalue weighted by Gasteiger charge is -2.07. The summed E-state index contributed by atoms with van der Waals surface area (Å²) in [5.41, 5.74) is 2.79. The number of hydrogen-bond acceptors (Lipinski definition) is 5. The van der Waals surface area contributed by atoms with Crippen LogP contribution in [-0.2, 0) is 4.74 Å². The first-order valence-corrected chi connectivity index (χ1v) is 11.3. The van der Waals surface area contributed by atoms with E-state index in [2.05, 4.69) is 5.32 Å². The molecule has 0 spiro atoms. The zero-order valence-electron chi connectivity index (χ0n) is 17.9. The second-order valence-corrected chi connectivity index (χ2v) is 8.22. The summed E-state index contributed by atoms with van der Waals surface area (Å²) in [6.45, 7) is 1.97. The van der Waals surface area contributed by atoms with Crippen LogP contribution in [0.25, 0.3) is 10.4 Å². The second kappa shape index (κ2) is 10.1. The minimum atomic E-state index is -0.483. The number of carbonyl (C=O) groups is 3. The van der Waals surface area contributed by atoms with E-state index in [1.165, 1.54) is 11.3 Å². The lowest BCUT2D eigenvalue weighted by molar-refractivity contribution is 0.0533. The molecule has 0 atom stereocenters. The van der Waals surface area contributed by atoms with Crippen molar-refractivity contribution in [3.8, 4) is 10.4 Å². The number of hydrogen-bond donors (Lipinski definition) is 1. The van der Waals surface area contributed by atoms with Crippen LogP contribution < -0.4 is 5.32 Å². The summed E-state index contributed by atoms with van der Waals surface area (Å²) in [5, 5.41) is 2.82. The van der Waals surface area contributed by atoms with Crippen molar-refractivity contribution >= 4 is 34.7 Å². The molecule has 0 bridgehead atoms.